The van der Waals surface area contributed by atoms with Crippen molar-refractivity contribution in [1.29, 1.82) is 5.26 Å². The predicted molar refractivity (Wildman–Crippen MR) is 86.9 cm³/mol. The Hall–Kier alpha value is -1.57. The van der Waals surface area contributed by atoms with Crippen LogP contribution in [-0.4, -0.2) is 5.54 Å². The first kappa shape index (κ1) is 15.8. The smallest absolute Gasteiger partial charge is 0.126 e. The van der Waals surface area contributed by atoms with Gasteiger partial charge in [0.1, 0.15) is 11.4 Å². The lowest BCUT2D eigenvalue weighted by molar-refractivity contribution is 0.575. The summed E-state index contributed by atoms with van der Waals surface area (Å²) in [6.07, 6.45) is 0.260. The van der Waals surface area contributed by atoms with E-state index in [2.05, 4.69) is 27.3 Å². The molecule has 1 unspecified atom stereocenters. The average Bonchev–Trinajstić information content (AvgIpc) is 2.45. The van der Waals surface area contributed by atoms with E-state index in [1.54, 1.807) is 43.3 Å². The molecule has 0 bridgehead atoms. The molecule has 0 radical (unpaired) electrons. The summed E-state index contributed by atoms with van der Waals surface area (Å²) in [5, 5.41) is 13.2. The number of halogens is 3. The first-order chi connectivity index (χ1) is 9.93. The molecule has 1 N–H and O–H groups in total. The lowest BCUT2D eigenvalue weighted by Gasteiger charge is -2.25. The summed E-state index contributed by atoms with van der Waals surface area (Å²) in [7, 11) is 0. The number of nitrogens with one attached hydrogen (secondary N) is 1. The Morgan fingerprint density at radius 1 is 1.33 bits per heavy atom. The van der Waals surface area contributed by atoms with Gasteiger partial charge in [0.05, 0.1) is 11.1 Å². The molecule has 108 valence electrons. The zero-order chi connectivity index (χ0) is 15.5. The quantitative estimate of drug-likeness (QED) is 0.808. The van der Waals surface area contributed by atoms with Gasteiger partial charge in [-0.1, -0.05) is 29.8 Å². The standard InChI is InChI=1S/C16H13BrClFN2/c1-16(10-20,9-11-4-2-3-5-15(11)19)21-12-6-7-14(18)13(17)8-12/h2-8,21H,9H2,1H3. The van der Waals surface area contributed by atoms with Crippen molar-refractivity contribution in [3.8, 4) is 6.07 Å². The lowest BCUT2D eigenvalue weighted by Crippen LogP contribution is -2.35. The SMILES string of the molecule is CC(C#N)(Cc1ccccc1F)Nc1ccc(Cl)c(Br)c1. The molecule has 0 aliphatic heterocycles. The molecule has 0 fully saturated rings. The molecule has 0 aliphatic rings. The summed E-state index contributed by atoms with van der Waals surface area (Å²) in [6.45, 7) is 1.74. The Labute approximate surface area is 136 Å². The van der Waals surface area contributed by atoms with Gasteiger partial charge in [0.25, 0.3) is 0 Å². The van der Waals surface area contributed by atoms with Crippen LogP contribution >= 0.6 is 27.5 Å². The third kappa shape index (κ3) is 3.96. The number of anilines is 1. The van der Waals surface area contributed by atoms with Gasteiger partial charge in [-0.2, -0.15) is 5.26 Å². The Kier molecular flexibility index (Phi) is 4.87. The monoisotopic (exact) mass is 366 g/mol. The summed E-state index contributed by atoms with van der Waals surface area (Å²) in [5.74, 6) is -0.307. The molecule has 2 rings (SSSR count). The molecule has 2 nitrogen and oxygen atoms in total. The van der Waals surface area contributed by atoms with E-state index < -0.39 is 5.54 Å². The number of benzene rings is 2. The average molecular weight is 368 g/mol. The van der Waals surface area contributed by atoms with Gasteiger partial charge in [-0.05, 0) is 52.7 Å². The fourth-order valence-corrected chi connectivity index (χ4v) is 2.52. The predicted octanol–water partition coefficient (Wildman–Crippen LogP) is 5.18. The molecule has 21 heavy (non-hydrogen) atoms. The zero-order valence-electron chi connectivity index (χ0n) is 11.3. The highest BCUT2D eigenvalue weighted by Crippen LogP contribution is 2.28. The summed E-state index contributed by atoms with van der Waals surface area (Å²) >= 11 is 9.29. The summed E-state index contributed by atoms with van der Waals surface area (Å²) in [4.78, 5) is 0. The third-order valence-corrected chi connectivity index (χ3v) is 4.30. The van der Waals surface area contributed by atoms with Crippen LogP contribution in [-0.2, 0) is 6.42 Å². The fourth-order valence-electron chi connectivity index (χ4n) is 2.03. The molecule has 0 aromatic heterocycles. The topological polar surface area (TPSA) is 35.8 Å². The third-order valence-electron chi connectivity index (χ3n) is 3.09. The van der Waals surface area contributed by atoms with Gasteiger partial charge in [0, 0.05) is 16.6 Å². The van der Waals surface area contributed by atoms with Crippen molar-refractivity contribution in [2.24, 2.45) is 0 Å². The Morgan fingerprint density at radius 3 is 2.67 bits per heavy atom. The maximum Gasteiger partial charge on any atom is 0.126 e. The highest BCUT2D eigenvalue weighted by Gasteiger charge is 2.25. The van der Waals surface area contributed by atoms with E-state index >= 15 is 0 Å². The van der Waals surface area contributed by atoms with Gasteiger partial charge in [-0.15, -0.1) is 0 Å². The minimum atomic E-state index is -0.921. The number of hydrogen-bond donors (Lipinski definition) is 1. The normalized spacial score (nSPS) is 13.3. The second-order valence-electron chi connectivity index (χ2n) is 4.97. The van der Waals surface area contributed by atoms with Crippen molar-refractivity contribution in [2.75, 3.05) is 5.32 Å². The van der Waals surface area contributed by atoms with E-state index in [1.807, 2.05) is 0 Å². The van der Waals surface area contributed by atoms with Gasteiger partial charge in [-0.3, -0.25) is 0 Å². The number of nitriles is 1. The second-order valence-corrected chi connectivity index (χ2v) is 6.23. The van der Waals surface area contributed by atoms with E-state index in [0.29, 0.717) is 10.6 Å². The van der Waals surface area contributed by atoms with Crippen molar-refractivity contribution in [3.63, 3.8) is 0 Å². The van der Waals surface area contributed by atoms with Crippen LogP contribution in [0.3, 0.4) is 0 Å². The first-order valence-corrected chi connectivity index (χ1v) is 7.48. The lowest BCUT2D eigenvalue weighted by atomic mass is 9.93. The number of rotatable bonds is 4. The molecule has 0 spiro atoms. The van der Waals surface area contributed by atoms with Crippen LogP contribution in [0.1, 0.15) is 12.5 Å². The molecule has 0 saturated carbocycles. The van der Waals surface area contributed by atoms with Crippen molar-refractivity contribution in [2.45, 2.75) is 18.9 Å². The fraction of sp³-hybridized carbons (Fsp3) is 0.188. The van der Waals surface area contributed by atoms with Gasteiger partial charge in [-0.25, -0.2) is 4.39 Å². The van der Waals surface area contributed by atoms with Crippen molar-refractivity contribution in [1.82, 2.24) is 0 Å². The summed E-state index contributed by atoms with van der Waals surface area (Å²) in [5.41, 5.74) is 0.323. The highest BCUT2D eigenvalue weighted by molar-refractivity contribution is 9.10. The molecule has 5 heteroatoms. The molecule has 0 heterocycles. The van der Waals surface area contributed by atoms with Gasteiger partial charge >= 0.3 is 0 Å². The minimum Gasteiger partial charge on any atom is -0.367 e. The summed E-state index contributed by atoms with van der Waals surface area (Å²) < 4.78 is 14.5. The molecule has 2 aromatic rings. The maximum atomic E-state index is 13.7. The van der Waals surface area contributed by atoms with Crippen molar-refractivity contribution < 1.29 is 4.39 Å². The van der Waals surface area contributed by atoms with Crippen LogP contribution in [0.5, 0.6) is 0 Å². The van der Waals surface area contributed by atoms with Crippen LogP contribution in [0.2, 0.25) is 5.02 Å². The minimum absolute atomic E-state index is 0.260. The van der Waals surface area contributed by atoms with Crippen LogP contribution in [0.15, 0.2) is 46.9 Å². The number of nitrogens with zero attached hydrogens (tertiary/aromatic N) is 1. The van der Waals surface area contributed by atoms with E-state index in [4.69, 9.17) is 11.6 Å². The summed E-state index contributed by atoms with van der Waals surface area (Å²) in [6, 6.07) is 14.0. The van der Waals surface area contributed by atoms with Crippen LogP contribution in [0, 0.1) is 17.1 Å². The molecular weight excluding hydrogens is 355 g/mol. The molecule has 1 atom stereocenters. The van der Waals surface area contributed by atoms with E-state index in [0.717, 1.165) is 10.2 Å². The van der Waals surface area contributed by atoms with Crippen molar-refractivity contribution in [3.05, 3.63) is 63.3 Å². The van der Waals surface area contributed by atoms with Gasteiger partial charge in [0.15, 0.2) is 0 Å². The molecule has 2 aromatic carbocycles. The van der Waals surface area contributed by atoms with E-state index in [9.17, 15) is 9.65 Å². The molecule has 0 amide bonds. The van der Waals surface area contributed by atoms with Crippen molar-refractivity contribution >= 4 is 33.2 Å². The van der Waals surface area contributed by atoms with E-state index in [1.165, 1.54) is 6.07 Å². The molecule has 0 saturated heterocycles. The Balaban J connectivity index is 2.23. The zero-order valence-corrected chi connectivity index (χ0v) is 13.7. The molecule has 0 aliphatic carbocycles. The maximum absolute atomic E-state index is 13.7. The van der Waals surface area contributed by atoms with Crippen LogP contribution in [0.25, 0.3) is 0 Å². The largest absolute Gasteiger partial charge is 0.367 e. The van der Waals surface area contributed by atoms with Crippen LogP contribution < -0.4 is 5.32 Å². The first-order valence-electron chi connectivity index (χ1n) is 6.31. The second kappa shape index (κ2) is 6.46. The Morgan fingerprint density at radius 2 is 2.05 bits per heavy atom. The van der Waals surface area contributed by atoms with Gasteiger partial charge in [0.2, 0.25) is 0 Å². The molecular formula is C16H13BrClFN2. The van der Waals surface area contributed by atoms with Gasteiger partial charge < -0.3 is 5.32 Å². The Bertz CT molecular complexity index is 699. The number of hydrogen-bond acceptors (Lipinski definition) is 2. The highest BCUT2D eigenvalue weighted by atomic mass is 79.9. The van der Waals surface area contributed by atoms with E-state index in [-0.39, 0.29) is 12.2 Å². The van der Waals surface area contributed by atoms with Crippen LogP contribution in [0.4, 0.5) is 10.1 Å².